The lowest BCUT2D eigenvalue weighted by molar-refractivity contribution is -0.117. The minimum absolute atomic E-state index is 0.207. The second-order valence-electron chi connectivity index (χ2n) is 4.31. The molecular formula is C16H12Cl2N2O2. The molecule has 2 rings (SSSR count). The van der Waals surface area contributed by atoms with Crippen LogP contribution in [0.5, 0.6) is 0 Å². The molecule has 0 aliphatic heterocycles. The van der Waals surface area contributed by atoms with E-state index >= 15 is 0 Å². The van der Waals surface area contributed by atoms with E-state index in [1.54, 1.807) is 12.1 Å². The van der Waals surface area contributed by atoms with Crippen molar-refractivity contribution in [1.82, 2.24) is 10.9 Å². The van der Waals surface area contributed by atoms with Crippen molar-refractivity contribution in [2.24, 2.45) is 0 Å². The molecule has 0 aliphatic carbocycles. The Morgan fingerprint density at radius 1 is 0.955 bits per heavy atom. The maximum Gasteiger partial charge on any atom is 0.271 e. The highest BCUT2D eigenvalue weighted by atomic mass is 35.5. The Hall–Kier alpha value is -2.30. The predicted molar refractivity (Wildman–Crippen MR) is 87.5 cm³/mol. The van der Waals surface area contributed by atoms with Crippen LogP contribution in [-0.2, 0) is 4.79 Å². The topological polar surface area (TPSA) is 58.2 Å². The fourth-order valence-corrected chi connectivity index (χ4v) is 2.13. The first-order valence-electron chi connectivity index (χ1n) is 6.35. The minimum Gasteiger partial charge on any atom is -0.268 e. The van der Waals surface area contributed by atoms with E-state index in [9.17, 15) is 9.59 Å². The van der Waals surface area contributed by atoms with Gasteiger partial charge in [0.05, 0.1) is 10.6 Å². The Morgan fingerprint density at radius 3 is 2.36 bits per heavy atom. The molecule has 0 radical (unpaired) electrons. The van der Waals surface area contributed by atoms with Gasteiger partial charge in [0.2, 0.25) is 0 Å². The number of nitrogens with one attached hydrogen (secondary N) is 2. The van der Waals surface area contributed by atoms with E-state index < -0.39 is 11.8 Å². The molecule has 0 aromatic heterocycles. The number of halogens is 2. The van der Waals surface area contributed by atoms with E-state index in [-0.39, 0.29) is 10.6 Å². The summed E-state index contributed by atoms with van der Waals surface area (Å²) in [4.78, 5) is 23.5. The van der Waals surface area contributed by atoms with E-state index in [4.69, 9.17) is 23.2 Å². The van der Waals surface area contributed by atoms with Gasteiger partial charge >= 0.3 is 0 Å². The number of hydrogen-bond donors (Lipinski definition) is 2. The first-order valence-corrected chi connectivity index (χ1v) is 7.10. The molecule has 4 nitrogen and oxygen atoms in total. The lowest BCUT2D eigenvalue weighted by Crippen LogP contribution is -2.40. The van der Waals surface area contributed by atoms with Crippen LogP contribution in [0.3, 0.4) is 0 Å². The summed E-state index contributed by atoms with van der Waals surface area (Å²) in [5.74, 6) is -0.981. The van der Waals surface area contributed by atoms with E-state index in [0.29, 0.717) is 5.02 Å². The van der Waals surface area contributed by atoms with Crippen molar-refractivity contribution in [2.75, 3.05) is 0 Å². The Morgan fingerprint density at radius 2 is 1.68 bits per heavy atom. The molecule has 0 unspecified atom stereocenters. The van der Waals surface area contributed by atoms with Gasteiger partial charge in [0.15, 0.2) is 0 Å². The molecule has 6 heteroatoms. The van der Waals surface area contributed by atoms with Crippen LogP contribution in [-0.4, -0.2) is 11.8 Å². The van der Waals surface area contributed by atoms with Crippen LogP contribution in [0.4, 0.5) is 0 Å². The third-order valence-electron chi connectivity index (χ3n) is 2.70. The molecule has 2 amide bonds. The molecule has 0 bridgehead atoms. The molecule has 0 heterocycles. The van der Waals surface area contributed by atoms with Gasteiger partial charge in [0, 0.05) is 11.1 Å². The molecule has 2 aromatic rings. The first kappa shape index (κ1) is 16.1. The normalized spacial score (nSPS) is 10.5. The van der Waals surface area contributed by atoms with Crippen LogP contribution < -0.4 is 10.9 Å². The molecule has 112 valence electrons. The minimum atomic E-state index is -0.525. The zero-order chi connectivity index (χ0) is 15.9. The number of rotatable bonds is 3. The fourth-order valence-electron chi connectivity index (χ4n) is 1.64. The first-order chi connectivity index (χ1) is 10.6. The van der Waals surface area contributed by atoms with E-state index in [2.05, 4.69) is 10.9 Å². The summed E-state index contributed by atoms with van der Waals surface area (Å²) in [6.45, 7) is 0. The number of hydrogen-bond acceptors (Lipinski definition) is 2. The molecule has 0 aliphatic rings. The maximum atomic E-state index is 11.9. The predicted octanol–water partition coefficient (Wildman–Crippen LogP) is 3.47. The van der Waals surface area contributed by atoms with Crippen molar-refractivity contribution >= 4 is 41.1 Å². The van der Waals surface area contributed by atoms with Crippen LogP contribution in [0.1, 0.15) is 15.9 Å². The molecule has 0 saturated carbocycles. The van der Waals surface area contributed by atoms with Crippen molar-refractivity contribution in [2.45, 2.75) is 0 Å². The van der Waals surface area contributed by atoms with Crippen molar-refractivity contribution in [3.05, 3.63) is 75.8 Å². The summed E-state index contributed by atoms with van der Waals surface area (Å²) in [7, 11) is 0. The van der Waals surface area contributed by atoms with Crippen LogP contribution >= 0.6 is 23.2 Å². The largest absolute Gasteiger partial charge is 0.271 e. The van der Waals surface area contributed by atoms with Crippen molar-refractivity contribution < 1.29 is 9.59 Å². The summed E-state index contributed by atoms with van der Waals surface area (Å²) >= 11 is 11.7. The van der Waals surface area contributed by atoms with Crippen molar-refractivity contribution in [1.29, 1.82) is 0 Å². The fraction of sp³-hybridized carbons (Fsp3) is 0. The zero-order valence-corrected chi connectivity index (χ0v) is 12.9. The summed E-state index contributed by atoms with van der Waals surface area (Å²) in [5.41, 5.74) is 5.65. The maximum absolute atomic E-state index is 11.9. The number of benzene rings is 2. The third kappa shape index (κ3) is 4.62. The summed E-state index contributed by atoms with van der Waals surface area (Å²) in [5, 5.41) is 0.635. The average molecular weight is 335 g/mol. The summed E-state index contributed by atoms with van der Waals surface area (Å²) in [6, 6.07) is 13.8. The number of carbonyl (C=O) groups excluding carboxylic acids is 2. The molecular weight excluding hydrogens is 323 g/mol. The van der Waals surface area contributed by atoms with Gasteiger partial charge in [-0.25, -0.2) is 0 Å². The highest BCUT2D eigenvalue weighted by molar-refractivity contribution is 6.36. The Balaban J connectivity index is 1.91. The quantitative estimate of drug-likeness (QED) is 0.667. The van der Waals surface area contributed by atoms with Gasteiger partial charge in [-0.05, 0) is 29.8 Å². The zero-order valence-electron chi connectivity index (χ0n) is 11.3. The Kier molecular flexibility index (Phi) is 5.58. The molecule has 22 heavy (non-hydrogen) atoms. The molecule has 0 fully saturated rings. The van der Waals surface area contributed by atoms with Gasteiger partial charge < -0.3 is 0 Å². The molecule has 0 atom stereocenters. The van der Waals surface area contributed by atoms with Gasteiger partial charge in [0.25, 0.3) is 11.8 Å². The van der Waals surface area contributed by atoms with Crippen LogP contribution in [0, 0.1) is 0 Å². The number of carbonyl (C=O) groups is 2. The molecule has 0 spiro atoms. The van der Waals surface area contributed by atoms with Gasteiger partial charge in [-0.15, -0.1) is 0 Å². The third-order valence-corrected chi connectivity index (χ3v) is 3.25. The standard InChI is InChI=1S/C16H12Cl2N2O2/c17-12-7-8-13(14(18)10-12)16(22)20-19-15(21)9-6-11-4-2-1-3-5-11/h1-10H,(H,19,21)(H,20,22). The Labute approximate surface area is 137 Å². The monoisotopic (exact) mass is 334 g/mol. The molecule has 0 saturated heterocycles. The van der Waals surface area contributed by atoms with Gasteiger partial charge in [0.1, 0.15) is 0 Å². The average Bonchev–Trinajstić information content (AvgIpc) is 2.51. The van der Waals surface area contributed by atoms with Crippen LogP contribution in [0.2, 0.25) is 10.0 Å². The summed E-state index contributed by atoms with van der Waals surface area (Å²) < 4.78 is 0. The van der Waals surface area contributed by atoms with Crippen LogP contribution in [0.15, 0.2) is 54.6 Å². The lowest BCUT2D eigenvalue weighted by atomic mass is 10.2. The van der Waals surface area contributed by atoms with E-state index in [1.165, 1.54) is 18.2 Å². The van der Waals surface area contributed by atoms with Crippen LogP contribution in [0.25, 0.3) is 6.08 Å². The molecule has 2 aromatic carbocycles. The second kappa shape index (κ2) is 7.64. The van der Waals surface area contributed by atoms with Crippen molar-refractivity contribution in [3.8, 4) is 0 Å². The van der Waals surface area contributed by atoms with E-state index in [1.807, 2.05) is 30.3 Å². The van der Waals surface area contributed by atoms with Gasteiger partial charge in [-0.3, -0.25) is 20.4 Å². The smallest absolute Gasteiger partial charge is 0.268 e. The number of hydrazine groups is 1. The Bertz CT molecular complexity index is 715. The van der Waals surface area contributed by atoms with Gasteiger partial charge in [-0.2, -0.15) is 0 Å². The highest BCUT2D eigenvalue weighted by Gasteiger charge is 2.10. The second-order valence-corrected chi connectivity index (χ2v) is 5.16. The number of amides is 2. The lowest BCUT2D eigenvalue weighted by Gasteiger charge is -2.07. The highest BCUT2D eigenvalue weighted by Crippen LogP contribution is 2.20. The summed E-state index contributed by atoms with van der Waals surface area (Å²) in [6.07, 6.45) is 2.95. The van der Waals surface area contributed by atoms with E-state index in [0.717, 1.165) is 5.56 Å². The SMILES string of the molecule is O=C(C=Cc1ccccc1)NNC(=O)c1ccc(Cl)cc1Cl. The van der Waals surface area contributed by atoms with Gasteiger partial charge in [-0.1, -0.05) is 53.5 Å². The molecule has 2 N–H and O–H groups in total. The van der Waals surface area contributed by atoms with Crippen molar-refractivity contribution in [3.63, 3.8) is 0 Å².